The van der Waals surface area contributed by atoms with E-state index in [1.807, 2.05) is 32.0 Å². The number of hydrogen-bond acceptors (Lipinski definition) is 3. The first-order chi connectivity index (χ1) is 11.4. The van der Waals surface area contributed by atoms with Crippen molar-refractivity contribution in [2.75, 3.05) is 11.9 Å². The van der Waals surface area contributed by atoms with Crippen LogP contribution in [0.25, 0.3) is 6.08 Å². The molecule has 124 valence electrons. The third-order valence-corrected chi connectivity index (χ3v) is 3.29. The van der Waals surface area contributed by atoms with E-state index in [-0.39, 0.29) is 12.4 Å². The molecule has 0 atom stereocenters. The Hall–Kier alpha value is -2.95. The minimum absolute atomic E-state index is 0.349. The van der Waals surface area contributed by atoms with Gasteiger partial charge in [-0.3, -0.25) is 4.79 Å². The number of aryl methyl sites for hydroxylation is 2. The van der Waals surface area contributed by atoms with Crippen LogP contribution in [-0.2, 0) is 14.3 Å². The second-order valence-corrected chi connectivity index (χ2v) is 5.36. The van der Waals surface area contributed by atoms with Crippen LogP contribution in [-0.4, -0.2) is 18.5 Å². The van der Waals surface area contributed by atoms with Crippen LogP contribution in [0, 0.1) is 19.7 Å². The van der Waals surface area contributed by atoms with Crippen LogP contribution < -0.4 is 5.32 Å². The van der Waals surface area contributed by atoms with Gasteiger partial charge in [-0.25, -0.2) is 9.18 Å². The third-order valence-electron chi connectivity index (χ3n) is 3.29. The van der Waals surface area contributed by atoms with Crippen LogP contribution in [0.1, 0.15) is 16.7 Å². The number of benzene rings is 2. The van der Waals surface area contributed by atoms with Crippen molar-refractivity contribution in [1.82, 2.24) is 0 Å². The molecule has 0 aliphatic heterocycles. The monoisotopic (exact) mass is 327 g/mol. The summed E-state index contributed by atoms with van der Waals surface area (Å²) in [5.74, 6) is -1.40. The summed E-state index contributed by atoms with van der Waals surface area (Å²) in [5, 5.41) is 2.70. The molecule has 0 saturated carbocycles. The average Bonchev–Trinajstić information content (AvgIpc) is 2.56. The van der Waals surface area contributed by atoms with E-state index in [4.69, 9.17) is 4.74 Å². The van der Waals surface area contributed by atoms with Gasteiger partial charge in [-0.2, -0.15) is 0 Å². The van der Waals surface area contributed by atoms with Crippen molar-refractivity contribution >= 4 is 23.6 Å². The largest absolute Gasteiger partial charge is 0.452 e. The molecule has 0 fully saturated rings. The van der Waals surface area contributed by atoms with Crippen molar-refractivity contribution in [3.63, 3.8) is 0 Å². The molecule has 0 aliphatic carbocycles. The third kappa shape index (κ3) is 5.35. The molecule has 0 spiro atoms. The molecule has 0 bridgehead atoms. The number of rotatable bonds is 5. The maximum Gasteiger partial charge on any atom is 0.331 e. The van der Waals surface area contributed by atoms with Crippen LogP contribution in [0.4, 0.5) is 10.1 Å². The second kappa shape index (κ2) is 8.06. The van der Waals surface area contributed by atoms with Crippen LogP contribution >= 0.6 is 0 Å². The van der Waals surface area contributed by atoms with Crippen LogP contribution in [0.2, 0.25) is 0 Å². The van der Waals surface area contributed by atoms with Crippen LogP contribution in [0.15, 0.2) is 48.5 Å². The number of amides is 1. The summed E-state index contributed by atoms with van der Waals surface area (Å²) in [5.41, 5.74) is 3.30. The van der Waals surface area contributed by atoms with E-state index < -0.39 is 11.9 Å². The van der Waals surface area contributed by atoms with Crippen molar-refractivity contribution in [2.45, 2.75) is 13.8 Å². The molecule has 0 aromatic heterocycles. The van der Waals surface area contributed by atoms with E-state index in [0.717, 1.165) is 11.1 Å². The summed E-state index contributed by atoms with van der Waals surface area (Å²) >= 11 is 0. The molecular weight excluding hydrogens is 309 g/mol. The molecule has 0 saturated heterocycles. The molecule has 2 rings (SSSR count). The first kappa shape index (κ1) is 17.4. The van der Waals surface area contributed by atoms with Gasteiger partial charge in [-0.05, 0) is 54.8 Å². The Morgan fingerprint density at radius 2 is 1.83 bits per heavy atom. The molecule has 1 amide bonds. The molecular formula is C19H18FNO3. The topological polar surface area (TPSA) is 55.4 Å². The van der Waals surface area contributed by atoms with E-state index >= 15 is 0 Å². The Balaban J connectivity index is 1.83. The lowest BCUT2D eigenvalue weighted by Gasteiger charge is -2.09. The summed E-state index contributed by atoms with van der Waals surface area (Å²) in [7, 11) is 0. The highest BCUT2D eigenvalue weighted by molar-refractivity contribution is 5.95. The van der Waals surface area contributed by atoms with E-state index in [0.29, 0.717) is 11.3 Å². The van der Waals surface area contributed by atoms with Crippen molar-refractivity contribution in [3.8, 4) is 0 Å². The Labute approximate surface area is 140 Å². The fourth-order valence-corrected chi connectivity index (χ4v) is 1.98. The number of nitrogens with one attached hydrogen (secondary N) is 1. The zero-order valence-corrected chi connectivity index (χ0v) is 13.5. The summed E-state index contributed by atoms with van der Waals surface area (Å²) in [6, 6.07) is 11.4. The molecule has 2 aromatic carbocycles. The Bertz CT molecular complexity index is 767. The molecule has 0 aliphatic rings. The molecule has 5 heteroatoms. The standard InChI is InChI=1S/C19H18FNO3/c1-13-3-4-14(2)17(11-13)21-18(22)12-24-19(23)10-7-15-5-8-16(20)9-6-15/h3-11H,12H2,1-2H3,(H,21,22)/b10-7+. The predicted octanol–water partition coefficient (Wildman–Crippen LogP) is 3.64. The van der Waals surface area contributed by atoms with E-state index in [1.54, 1.807) is 0 Å². The molecule has 0 heterocycles. The van der Waals surface area contributed by atoms with Gasteiger partial charge in [0.2, 0.25) is 0 Å². The van der Waals surface area contributed by atoms with Gasteiger partial charge in [0, 0.05) is 11.8 Å². The summed E-state index contributed by atoms with van der Waals surface area (Å²) in [6.45, 7) is 3.43. The van der Waals surface area contributed by atoms with Gasteiger partial charge in [0.15, 0.2) is 6.61 Å². The number of carbonyl (C=O) groups is 2. The normalized spacial score (nSPS) is 10.6. The number of anilines is 1. The van der Waals surface area contributed by atoms with Gasteiger partial charge < -0.3 is 10.1 Å². The highest BCUT2D eigenvalue weighted by Gasteiger charge is 2.07. The number of carbonyl (C=O) groups excluding carboxylic acids is 2. The molecule has 2 aromatic rings. The van der Waals surface area contributed by atoms with Crippen molar-refractivity contribution in [1.29, 1.82) is 0 Å². The molecule has 4 nitrogen and oxygen atoms in total. The summed E-state index contributed by atoms with van der Waals surface area (Å²) < 4.78 is 17.6. The van der Waals surface area contributed by atoms with Gasteiger partial charge >= 0.3 is 5.97 Å². The SMILES string of the molecule is Cc1ccc(C)c(NC(=O)COC(=O)/C=C/c2ccc(F)cc2)c1. The van der Waals surface area contributed by atoms with Crippen LogP contribution in [0.5, 0.6) is 0 Å². The maximum atomic E-state index is 12.8. The summed E-state index contributed by atoms with van der Waals surface area (Å²) in [4.78, 5) is 23.4. The second-order valence-electron chi connectivity index (χ2n) is 5.36. The quantitative estimate of drug-likeness (QED) is 0.674. The highest BCUT2D eigenvalue weighted by Crippen LogP contribution is 2.16. The number of ether oxygens (including phenoxy) is 1. The maximum absolute atomic E-state index is 12.8. The highest BCUT2D eigenvalue weighted by atomic mass is 19.1. The number of esters is 1. The first-order valence-corrected chi connectivity index (χ1v) is 7.41. The smallest absolute Gasteiger partial charge is 0.331 e. The van der Waals surface area contributed by atoms with Crippen molar-refractivity contribution in [2.24, 2.45) is 0 Å². The number of halogens is 1. The minimum Gasteiger partial charge on any atom is -0.452 e. The average molecular weight is 327 g/mol. The summed E-state index contributed by atoms with van der Waals surface area (Å²) in [6.07, 6.45) is 2.68. The van der Waals surface area contributed by atoms with E-state index in [9.17, 15) is 14.0 Å². The fourth-order valence-electron chi connectivity index (χ4n) is 1.98. The Kier molecular flexibility index (Phi) is 5.84. The molecule has 24 heavy (non-hydrogen) atoms. The molecule has 0 radical (unpaired) electrons. The van der Waals surface area contributed by atoms with E-state index in [1.165, 1.54) is 36.4 Å². The van der Waals surface area contributed by atoms with Crippen molar-refractivity contribution in [3.05, 3.63) is 71.0 Å². The Morgan fingerprint density at radius 3 is 2.54 bits per heavy atom. The van der Waals surface area contributed by atoms with Gasteiger partial charge in [0.1, 0.15) is 5.82 Å². The molecule has 0 unspecified atom stereocenters. The molecule has 1 N–H and O–H groups in total. The van der Waals surface area contributed by atoms with Gasteiger partial charge in [-0.15, -0.1) is 0 Å². The Morgan fingerprint density at radius 1 is 1.12 bits per heavy atom. The first-order valence-electron chi connectivity index (χ1n) is 7.41. The fraction of sp³-hybridized carbons (Fsp3) is 0.158. The predicted molar refractivity (Wildman–Crippen MR) is 90.9 cm³/mol. The number of hydrogen-bond donors (Lipinski definition) is 1. The van der Waals surface area contributed by atoms with E-state index in [2.05, 4.69) is 5.32 Å². The zero-order valence-electron chi connectivity index (χ0n) is 13.5. The zero-order chi connectivity index (χ0) is 17.5. The lowest BCUT2D eigenvalue weighted by atomic mass is 10.1. The van der Waals surface area contributed by atoms with Crippen molar-refractivity contribution < 1.29 is 18.7 Å². The minimum atomic E-state index is -0.643. The van der Waals surface area contributed by atoms with Gasteiger partial charge in [0.05, 0.1) is 0 Å². The lowest BCUT2D eigenvalue weighted by molar-refractivity contribution is -0.142. The van der Waals surface area contributed by atoms with Crippen LogP contribution in [0.3, 0.4) is 0 Å². The van der Waals surface area contributed by atoms with Gasteiger partial charge in [-0.1, -0.05) is 24.3 Å². The lowest BCUT2D eigenvalue weighted by Crippen LogP contribution is -2.20. The van der Waals surface area contributed by atoms with Gasteiger partial charge in [0.25, 0.3) is 5.91 Å².